The Morgan fingerprint density at radius 3 is 2.19 bits per heavy atom. The van der Waals surface area contributed by atoms with Crippen LogP contribution in [-0.2, 0) is 22.6 Å². The van der Waals surface area contributed by atoms with Crippen LogP contribution in [-0.4, -0.2) is 56.2 Å². The van der Waals surface area contributed by atoms with Crippen LogP contribution in [0.2, 0.25) is 0 Å². The van der Waals surface area contributed by atoms with E-state index in [1.165, 1.54) is 18.4 Å². The predicted octanol–water partition coefficient (Wildman–Crippen LogP) is 3.01. The monoisotopic (exact) mass is 438 g/mol. The highest BCUT2D eigenvalue weighted by Gasteiger charge is 2.24. The zero-order chi connectivity index (χ0) is 22.9. The number of para-hydroxylation sites is 1. The second-order valence-electron chi connectivity index (χ2n) is 8.44. The van der Waals surface area contributed by atoms with Crippen LogP contribution in [0.3, 0.4) is 0 Å². The van der Waals surface area contributed by atoms with Gasteiger partial charge in [-0.15, -0.1) is 0 Å². The number of nitrogens with one attached hydrogen (secondary N) is 2. The minimum absolute atomic E-state index is 0.0507. The summed E-state index contributed by atoms with van der Waals surface area (Å²) in [6.45, 7) is 9.04. The first-order valence-corrected chi connectivity index (χ1v) is 11.2. The molecule has 2 aromatic rings. The Labute approximate surface area is 190 Å². The first kappa shape index (κ1) is 23.6. The van der Waals surface area contributed by atoms with Gasteiger partial charge in [-0.1, -0.05) is 56.3 Å². The van der Waals surface area contributed by atoms with Gasteiger partial charge in [0.25, 0.3) is 0 Å². The molecule has 1 fully saturated rings. The molecule has 1 atom stereocenters. The van der Waals surface area contributed by atoms with E-state index < -0.39 is 12.1 Å². The number of carbonyl (C=O) groups is 2. The summed E-state index contributed by atoms with van der Waals surface area (Å²) in [6.07, 6.45) is -0.603. The number of ether oxygens (including phenoxy) is 1. The molecule has 1 heterocycles. The lowest BCUT2D eigenvalue weighted by molar-refractivity contribution is -0.124. The Bertz CT molecular complexity index is 880. The van der Waals surface area contributed by atoms with Crippen LogP contribution in [0, 0.1) is 5.92 Å². The molecule has 0 bridgehead atoms. The molecule has 1 aliphatic heterocycles. The van der Waals surface area contributed by atoms with Gasteiger partial charge in [-0.25, -0.2) is 4.79 Å². The van der Waals surface area contributed by atoms with Crippen LogP contribution in [0.1, 0.15) is 25.0 Å². The molecule has 2 aromatic carbocycles. The van der Waals surface area contributed by atoms with Crippen LogP contribution in [0.25, 0.3) is 0 Å². The van der Waals surface area contributed by atoms with Gasteiger partial charge < -0.3 is 20.3 Å². The molecule has 7 nitrogen and oxygen atoms in total. The molecular weight excluding hydrogens is 404 g/mol. The average Bonchev–Trinajstić information content (AvgIpc) is 2.82. The minimum Gasteiger partial charge on any atom is -0.453 e. The largest absolute Gasteiger partial charge is 0.453 e. The number of hydrogen-bond donors (Lipinski definition) is 2. The maximum absolute atomic E-state index is 12.7. The maximum Gasteiger partial charge on any atom is 0.407 e. The standard InChI is InChI=1S/C25H34N4O3/c1-19(2)23(27-25(31)32-3)24(30)26-17-20-9-7-8-10-21(20)18-28-13-15-29(16-14-28)22-11-5-4-6-12-22/h4-12,19,23H,13-18H2,1-3H3,(H,26,30)(H,27,31)/t23-/m0/s1. The SMILES string of the molecule is COC(=O)N[C@H](C(=O)NCc1ccccc1CN1CCN(c2ccccc2)CC1)C(C)C. The van der Waals surface area contributed by atoms with Crippen molar-refractivity contribution >= 4 is 17.7 Å². The van der Waals surface area contributed by atoms with Gasteiger partial charge >= 0.3 is 6.09 Å². The molecule has 0 spiro atoms. The summed E-state index contributed by atoms with van der Waals surface area (Å²) in [6, 6.07) is 18.1. The number of alkyl carbamates (subject to hydrolysis) is 1. The van der Waals surface area contributed by atoms with Crippen LogP contribution in [0.4, 0.5) is 10.5 Å². The van der Waals surface area contributed by atoms with Gasteiger partial charge in [-0.2, -0.15) is 0 Å². The fourth-order valence-corrected chi connectivity index (χ4v) is 3.94. The molecule has 172 valence electrons. The first-order chi connectivity index (χ1) is 15.5. The molecule has 7 heteroatoms. The lowest BCUT2D eigenvalue weighted by atomic mass is 10.0. The maximum atomic E-state index is 12.7. The number of carbonyl (C=O) groups excluding carboxylic acids is 2. The van der Waals surface area contributed by atoms with E-state index in [2.05, 4.69) is 55.5 Å². The number of anilines is 1. The van der Waals surface area contributed by atoms with Gasteiger partial charge in [-0.3, -0.25) is 9.69 Å². The fraction of sp³-hybridized carbons (Fsp3) is 0.440. The molecule has 0 radical (unpaired) electrons. The van der Waals surface area contributed by atoms with E-state index in [-0.39, 0.29) is 11.8 Å². The molecule has 2 N–H and O–H groups in total. The lowest BCUT2D eigenvalue weighted by Crippen LogP contribution is -2.49. The number of amides is 2. The molecule has 0 aliphatic carbocycles. The highest BCUT2D eigenvalue weighted by atomic mass is 16.5. The Morgan fingerprint density at radius 2 is 1.56 bits per heavy atom. The minimum atomic E-state index is -0.638. The number of benzene rings is 2. The van der Waals surface area contributed by atoms with E-state index in [1.54, 1.807) is 0 Å². The van der Waals surface area contributed by atoms with E-state index in [0.29, 0.717) is 6.54 Å². The Morgan fingerprint density at radius 1 is 0.938 bits per heavy atom. The molecule has 2 amide bonds. The van der Waals surface area contributed by atoms with E-state index in [9.17, 15) is 9.59 Å². The summed E-state index contributed by atoms with van der Waals surface area (Å²) in [7, 11) is 1.29. The molecule has 0 unspecified atom stereocenters. The van der Waals surface area contributed by atoms with Crippen LogP contribution < -0.4 is 15.5 Å². The van der Waals surface area contributed by atoms with Crippen molar-refractivity contribution in [3.05, 3.63) is 65.7 Å². The summed E-state index contributed by atoms with van der Waals surface area (Å²) in [5.41, 5.74) is 3.57. The molecule has 1 aliphatic rings. The third kappa shape index (κ3) is 6.47. The Kier molecular flexibility index (Phi) is 8.50. The number of methoxy groups -OCH3 is 1. The van der Waals surface area contributed by atoms with Crippen molar-refractivity contribution in [2.45, 2.75) is 33.0 Å². The highest BCUT2D eigenvalue weighted by Crippen LogP contribution is 2.18. The lowest BCUT2D eigenvalue weighted by Gasteiger charge is -2.36. The highest BCUT2D eigenvalue weighted by molar-refractivity contribution is 5.85. The van der Waals surface area contributed by atoms with E-state index in [1.807, 2.05) is 38.1 Å². The Balaban J connectivity index is 1.55. The van der Waals surface area contributed by atoms with Crippen molar-refractivity contribution < 1.29 is 14.3 Å². The average molecular weight is 439 g/mol. The topological polar surface area (TPSA) is 73.9 Å². The summed E-state index contributed by atoms with van der Waals surface area (Å²) in [5.74, 6) is -0.262. The number of piperazine rings is 1. The smallest absolute Gasteiger partial charge is 0.407 e. The van der Waals surface area contributed by atoms with Crippen molar-refractivity contribution in [1.29, 1.82) is 0 Å². The van der Waals surface area contributed by atoms with E-state index >= 15 is 0 Å². The molecule has 3 rings (SSSR count). The number of rotatable bonds is 8. The number of hydrogen-bond acceptors (Lipinski definition) is 5. The molecule has 0 saturated carbocycles. The van der Waals surface area contributed by atoms with Crippen molar-refractivity contribution in [2.24, 2.45) is 5.92 Å². The first-order valence-electron chi connectivity index (χ1n) is 11.2. The van der Waals surface area contributed by atoms with Crippen molar-refractivity contribution in [3.8, 4) is 0 Å². The third-order valence-corrected chi connectivity index (χ3v) is 5.87. The van der Waals surface area contributed by atoms with Crippen molar-refractivity contribution in [2.75, 3.05) is 38.2 Å². The van der Waals surface area contributed by atoms with E-state index in [0.717, 1.165) is 38.3 Å². The van der Waals surface area contributed by atoms with Crippen LogP contribution >= 0.6 is 0 Å². The second kappa shape index (κ2) is 11.5. The van der Waals surface area contributed by atoms with Gasteiger partial charge in [0, 0.05) is 45.0 Å². The summed E-state index contributed by atoms with van der Waals surface area (Å²) in [5, 5.41) is 5.59. The molecule has 1 saturated heterocycles. The van der Waals surface area contributed by atoms with Gasteiger partial charge in [0.2, 0.25) is 5.91 Å². The summed E-state index contributed by atoms with van der Waals surface area (Å²) >= 11 is 0. The quantitative estimate of drug-likeness (QED) is 0.663. The van der Waals surface area contributed by atoms with E-state index in [4.69, 9.17) is 0 Å². The van der Waals surface area contributed by atoms with Gasteiger partial charge in [-0.05, 0) is 29.2 Å². The number of nitrogens with zero attached hydrogens (tertiary/aromatic N) is 2. The normalized spacial score (nSPS) is 15.3. The third-order valence-electron chi connectivity index (χ3n) is 5.87. The zero-order valence-electron chi connectivity index (χ0n) is 19.2. The molecule has 32 heavy (non-hydrogen) atoms. The molecule has 0 aromatic heterocycles. The van der Waals surface area contributed by atoms with Crippen molar-refractivity contribution in [3.63, 3.8) is 0 Å². The van der Waals surface area contributed by atoms with Crippen LogP contribution in [0.15, 0.2) is 54.6 Å². The van der Waals surface area contributed by atoms with Crippen LogP contribution in [0.5, 0.6) is 0 Å². The Hall–Kier alpha value is -3.06. The predicted molar refractivity (Wildman–Crippen MR) is 126 cm³/mol. The van der Waals surface area contributed by atoms with Crippen molar-refractivity contribution in [1.82, 2.24) is 15.5 Å². The molecular formula is C25H34N4O3. The van der Waals surface area contributed by atoms with Gasteiger partial charge in [0.15, 0.2) is 0 Å². The van der Waals surface area contributed by atoms with Gasteiger partial charge in [0.1, 0.15) is 6.04 Å². The zero-order valence-corrected chi connectivity index (χ0v) is 19.2. The second-order valence-corrected chi connectivity index (χ2v) is 8.44. The fourth-order valence-electron chi connectivity index (χ4n) is 3.94. The summed E-state index contributed by atoms with van der Waals surface area (Å²) < 4.78 is 4.64. The summed E-state index contributed by atoms with van der Waals surface area (Å²) in [4.78, 5) is 29.1. The van der Waals surface area contributed by atoms with Gasteiger partial charge in [0.05, 0.1) is 7.11 Å².